The zero-order valence-corrected chi connectivity index (χ0v) is 5.89. The van der Waals surface area contributed by atoms with Gasteiger partial charge in [0.2, 0.25) is 0 Å². The first-order valence-electron chi connectivity index (χ1n) is 1.14. The van der Waals surface area contributed by atoms with E-state index in [2.05, 4.69) is 10.7 Å². The summed E-state index contributed by atoms with van der Waals surface area (Å²) in [4.78, 5) is 13.1. The van der Waals surface area contributed by atoms with Crippen molar-refractivity contribution in [3.05, 3.63) is 0 Å². The van der Waals surface area contributed by atoms with Gasteiger partial charge in [-0.15, -0.1) is 0 Å². The molecule has 0 spiro atoms. The molecule has 0 saturated carbocycles. The minimum absolute atomic E-state index is 0. The fourth-order valence-corrected chi connectivity index (χ4v) is 0. The van der Waals surface area contributed by atoms with E-state index < -0.39 is 5.97 Å². The summed E-state index contributed by atoms with van der Waals surface area (Å²) in [6.45, 7) is 1.24. The van der Waals surface area contributed by atoms with E-state index in [0.29, 0.717) is 0 Å². The van der Waals surface area contributed by atoms with Gasteiger partial charge in [-0.05, 0) is 0 Å². The number of nitrogens with two attached hydrogens (primary N) is 1. The van der Waals surface area contributed by atoms with Crippen LogP contribution in [0.5, 0.6) is 0 Å². The summed E-state index contributed by atoms with van der Waals surface area (Å²) in [6.07, 6.45) is 0. The molecule has 0 rings (SSSR count). The summed E-state index contributed by atoms with van der Waals surface area (Å²) in [5.74, 6) is 3.85. The van der Waals surface area contributed by atoms with Crippen LogP contribution in [0.1, 0.15) is 6.92 Å². The Kier molecular flexibility index (Phi) is 8.74. The predicted octanol–water partition coefficient (Wildman–Crippen LogP) is -3.57. The molecule has 4 heteroatoms. The molecular weight excluding hydrogens is 93.0 g/mol. The molecule has 0 unspecified atom stereocenters. The first kappa shape index (κ1) is 9.66. The van der Waals surface area contributed by atoms with E-state index in [1.165, 1.54) is 6.92 Å². The van der Waals surface area contributed by atoms with Gasteiger partial charge in [0.05, 0.1) is 0 Å². The van der Waals surface area contributed by atoms with Crippen molar-refractivity contribution in [3.63, 3.8) is 0 Å². The van der Waals surface area contributed by atoms with E-state index in [9.17, 15) is 4.79 Å². The van der Waals surface area contributed by atoms with E-state index in [1.54, 1.807) is 0 Å². The van der Waals surface area contributed by atoms with Crippen molar-refractivity contribution in [2.45, 2.75) is 6.92 Å². The summed E-state index contributed by atoms with van der Waals surface area (Å²) >= 11 is 0. The normalized spacial score (nSPS) is 5.67. The minimum atomic E-state index is -0.468. The van der Waals surface area contributed by atoms with Crippen LogP contribution in [0.25, 0.3) is 0 Å². The van der Waals surface area contributed by atoms with Gasteiger partial charge in [-0.3, -0.25) is 4.79 Å². The van der Waals surface area contributed by atoms with Crippen molar-refractivity contribution in [2.24, 2.45) is 5.90 Å². The van der Waals surface area contributed by atoms with Crippen LogP contribution >= 0.6 is 0 Å². The van der Waals surface area contributed by atoms with Gasteiger partial charge < -0.3 is 4.84 Å². The molecule has 0 radical (unpaired) electrons. The van der Waals surface area contributed by atoms with Gasteiger partial charge in [-0.25, -0.2) is 0 Å². The maximum absolute atomic E-state index is 9.47. The third kappa shape index (κ3) is 8.83. The van der Waals surface area contributed by atoms with E-state index >= 15 is 0 Å². The summed E-state index contributed by atoms with van der Waals surface area (Å²) in [5, 5.41) is 0. The van der Waals surface area contributed by atoms with Crippen molar-refractivity contribution in [1.29, 1.82) is 0 Å². The van der Waals surface area contributed by atoms with Gasteiger partial charge in [0.25, 0.3) is 0 Å². The van der Waals surface area contributed by atoms with Gasteiger partial charge in [-0.1, -0.05) is 0 Å². The molecule has 6 heavy (non-hydrogen) atoms. The van der Waals surface area contributed by atoms with E-state index in [4.69, 9.17) is 0 Å². The molecular formula is C2H5NNaO2+. The number of carbonyl (C=O) groups is 1. The van der Waals surface area contributed by atoms with Crippen LogP contribution in [0, 0.1) is 0 Å². The molecule has 0 fully saturated rings. The Morgan fingerprint density at radius 3 is 2.00 bits per heavy atom. The molecule has 2 N–H and O–H groups in total. The number of hydrogen-bond donors (Lipinski definition) is 1. The Morgan fingerprint density at radius 2 is 2.00 bits per heavy atom. The van der Waals surface area contributed by atoms with Crippen LogP contribution in [0.3, 0.4) is 0 Å². The quantitative estimate of drug-likeness (QED) is 0.252. The van der Waals surface area contributed by atoms with Gasteiger partial charge in [0, 0.05) is 6.92 Å². The molecule has 0 aromatic rings. The molecule has 0 aliphatic carbocycles. The fraction of sp³-hybridized carbons (Fsp3) is 0.500. The average molecular weight is 98.1 g/mol. The van der Waals surface area contributed by atoms with Crippen molar-refractivity contribution in [1.82, 2.24) is 0 Å². The maximum atomic E-state index is 9.47. The molecule has 0 amide bonds. The standard InChI is InChI=1S/C2H5NO2.Na/c1-2(4)5-3;/h3H2,1H3;/q;+1. The Morgan fingerprint density at radius 1 is 1.83 bits per heavy atom. The zero-order valence-electron chi connectivity index (χ0n) is 3.89. The average Bonchev–Trinajstić information content (AvgIpc) is 1.38. The van der Waals surface area contributed by atoms with Crippen LogP contribution in [-0.4, -0.2) is 5.97 Å². The summed E-state index contributed by atoms with van der Waals surface area (Å²) < 4.78 is 0. The largest absolute Gasteiger partial charge is 1.00 e. The monoisotopic (exact) mass is 98.0 g/mol. The summed E-state index contributed by atoms with van der Waals surface area (Å²) in [6, 6.07) is 0. The fourth-order valence-electron chi connectivity index (χ4n) is 0. The molecule has 0 saturated heterocycles. The summed E-state index contributed by atoms with van der Waals surface area (Å²) in [5.41, 5.74) is 0. The second-order valence-electron chi connectivity index (χ2n) is 0.609. The van der Waals surface area contributed by atoms with Crippen LogP contribution in [0.15, 0.2) is 0 Å². The minimum Gasteiger partial charge on any atom is -0.374 e. The van der Waals surface area contributed by atoms with E-state index in [0.717, 1.165) is 0 Å². The second kappa shape index (κ2) is 5.43. The zero-order chi connectivity index (χ0) is 4.28. The molecule has 30 valence electrons. The first-order valence-corrected chi connectivity index (χ1v) is 1.14. The number of hydrogen-bond acceptors (Lipinski definition) is 3. The smallest absolute Gasteiger partial charge is 0.374 e. The molecule has 0 aromatic heterocycles. The molecule has 0 aliphatic heterocycles. The number of carbonyl (C=O) groups excluding carboxylic acids is 1. The SMILES string of the molecule is CC(=O)ON.[Na+]. The van der Waals surface area contributed by atoms with Crippen molar-refractivity contribution in [2.75, 3.05) is 0 Å². The summed E-state index contributed by atoms with van der Waals surface area (Å²) in [7, 11) is 0. The second-order valence-corrected chi connectivity index (χ2v) is 0.609. The first-order chi connectivity index (χ1) is 2.27. The van der Waals surface area contributed by atoms with Crippen LogP contribution in [0.2, 0.25) is 0 Å². The topological polar surface area (TPSA) is 52.3 Å². The Hall–Kier alpha value is 0.430. The Labute approximate surface area is 58.1 Å². The third-order valence-electron chi connectivity index (χ3n) is 0.166. The van der Waals surface area contributed by atoms with Gasteiger partial charge in [0.15, 0.2) is 0 Å². The molecule has 0 aliphatic rings. The maximum Gasteiger partial charge on any atom is 1.00 e. The molecule has 0 aromatic carbocycles. The van der Waals surface area contributed by atoms with Gasteiger partial charge >= 0.3 is 35.5 Å². The van der Waals surface area contributed by atoms with E-state index in [1.807, 2.05) is 0 Å². The molecule has 0 heterocycles. The number of rotatable bonds is 0. The Bertz CT molecular complexity index is 46.8. The van der Waals surface area contributed by atoms with Crippen molar-refractivity contribution >= 4 is 5.97 Å². The molecule has 3 nitrogen and oxygen atoms in total. The Balaban J connectivity index is 0. The van der Waals surface area contributed by atoms with Crippen LogP contribution < -0.4 is 35.5 Å². The van der Waals surface area contributed by atoms with Crippen molar-refractivity contribution in [3.8, 4) is 0 Å². The van der Waals surface area contributed by atoms with Crippen LogP contribution in [-0.2, 0) is 9.63 Å². The predicted molar refractivity (Wildman–Crippen MR) is 16.0 cm³/mol. The molecule has 0 bridgehead atoms. The van der Waals surface area contributed by atoms with E-state index in [-0.39, 0.29) is 29.6 Å². The van der Waals surface area contributed by atoms with Crippen LogP contribution in [0.4, 0.5) is 0 Å². The third-order valence-corrected chi connectivity index (χ3v) is 0.166. The van der Waals surface area contributed by atoms with Gasteiger partial charge in [0.1, 0.15) is 0 Å². The van der Waals surface area contributed by atoms with Gasteiger partial charge in [-0.2, -0.15) is 5.90 Å². The molecule has 0 atom stereocenters. The van der Waals surface area contributed by atoms with Crippen molar-refractivity contribution < 1.29 is 39.2 Å².